The molecular weight excluding hydrogens is 228 g/mol. The number of rotatable bonds is 3. The van der Waals surface area contributed by atoms with Crippen molar-refractivity contribution in [2.75, 3.05) is 11.0 Å². The minimum absolute atomic E-state index is 0.127. The lowest BCUT2D eigenvalue weighted by atomic mass is 10.1. The molecule has 0 amide bonds. The Morgan fingerprint density at radius 1 is 1.06 bits per heavy atom. The molecule has 0 saturated carbocycles. The zero-order chi connectivity index (χ0) is 13.0. The van der Waals surface area contributed by atoms with Crippen molar-refractivity contribution in [2.45, 2.75) is 0 Å². The molecule has 2 rings (SSSR count). The highest BCUT2D eigenvalue weighted by Crippen LogP contribution is 2.24. The fourth-order valence-electron chi connectivity index (χ4n) is 1.62. The number of anilines is 2. The molecule has 2 aromatic rings. The number of nitrogen functional groups attached to an aromatic ring is 1. The van der Waals surface area contributed by atoms with Gasteiger partial charge in [0.05, 0.1) is 5.69 Å². The van der Waals surface area contributed by atoms with Crippen molar-refractivity contribution >= 4 is 23.5 Å². The summed E-state index contributed by atoms with van der Waals surface area (Å²) in [5.41, 5.74) is 7.74. The number of nitrogens with two attached hydrogens (primary N) is 1. The molecule has 0 aliphatic carbocycles. The van der Waals surface area contributed by atoms with Gasteiger partial charge in [0.1, 0.15) is 0 Å². The summed E-state index contributed by atoms with van der Waals surface area (Å²) in [4.78, 5) is 0. The predicted octanol–water partition coefficient (Wildman–Crippen LogP) is 3.13. The van der Waals surface area contributed by atoms with E-state index in [1.54, 1.807) is 18.2 Å². The second-order valence-electron chi connectivity index (χ2n) is 3.84. The Bertz CT molecular complexity index is 551. The molecule has 92 valence electrons. The molecule has 3 N–H and O–H groups in total. The molecule has 18 heavy (non-hydrogen) atoms. The zero-order valence-electron chi connectivity index (χ0n) is 9.65. The Kier molecular flexibility index (Phi) is 3.62. The second-order valence-corrected chi connectivity index (χ2v) is 3.84. The van der Waals surface area contributed by atoms with Crippen LogP contribution in [-0.2, 0) is 0 Å². The molecule has 0 unspecified atom stereocenters. The third kappa shape index (κ3) is 2.88. The third-order valence-corrected chi connectivity index (χ3v) is 2.52. The van der Waals surface area contributed by atoms with Crippen LogP contribution in [0.25, 0.3) is 12.2 Å². The normalized spacial score (nSPS) is 10.8. The van der Waals surface area contributed by atoms with Crippen molar-refractivity contribution in [3.05, 3.63) is 64.9 Å². The minimum atomic E-state index is -0.180. The summed E-state index contributed by atoms with van der Waals surface area (Å²) in [5.74, 6) is 0. The molecule has 0 heterocycles. The molecule has 4 nitrogen and oxygen atoms in total. The first-order valence-electron chi connectivity index (χ1n) is 5.45. The topological polar surface area (TPSA) is 72.5 Å². The Morgan fingerprint density at radius 2 is 1.78 bits per heavy atom. The Labute approximate surface area is 105 Å². The van der Waals surface area contributed by atoms with Crippen molar-refractivity contribution in [1.82, 2.24) is 0 Å². The lowest BCUT2D eigenvalue weighted by Crippen LogP contribution is -2.09. The van der Waals surface area contributed by atoms with Crippen LogP contribution in [0, 0.1) is 5.21 Å². The molecule has 0 radical (unpaired) electrons. The van der Waals surface area contributed by atoms with Gasteiger partial charge in [-0.1, -0.05) is 48.6 Å². The van der Waals surface area contributed by atoms with Gasteiger partial charge in [-0.2, -0.15) is 0 Å². The summed E-state index contributed by atoms with van der Waals surface area (Å²) >= 11 is 0. The van der Waals surface area contributed by atoms with Crippen LogP contribution in [0.3, 0.4) is 0 Å². The Hall–Kier alpha value is -2.30. The average Bonchev–Trinajstić information content (AvgIpc) is 2.38. The summed E-state index contributed by atoms with van der Waals surface area (Å²) in [7, 11) is 0. The van der Waals surface area contributed by atoms with Gasteiger partial charge < -0.3 is 16.2 Å². The van der Waals surface area contributed by atoms with Gasteiger partial charge in [-0.15, -0.1) is 0 Å². The molecule has 0 aliphatic rings. The first-order chi connectivity index (χ1) is 8.66. The van der Waals surface area contributed by atoms with Gasteiger partial charge in [-0.05, 0) is 23.3 Å². The molecule has 4 heteroatoms. The summed E-state index contributed by atoms with van der Waals surface area (Å²) in [5, 5.41) is 19.8. The Morgan fingerprint density at radius 3 is 2.44 bits per heavy atom. The van der Waals surface area contributed by atoms with Crippen LogP contribution in [0.2, 0.25) is 0 Å². The summed E-state index contributed by atoms with van der Waals surface area (Å²) in [6.07, 6.45) is 3.61. The maximum absolute atomic E-state index is 11.0. The van der Waals surface area contributed by atoms with Crippen molar-refractivity contribution in [1.29, 1.82) is 0 Å². The summed E-state index contributed by atoms with van der Waals surface area (Å²) in [6, 6.07) is 14.5. The lowest BCUT2D eigenvalue weighted by Gasteiger charge is -2.24. The van der Waals surface area contributed by atoms with E-state index in [2.05, 4.69) is 0 Å². The van der Waals surface area contributed by atoms with Gasteiger partial charge in [0.2, 0.25) is 0 Å². The molecule has 0 aromatic heterocycles. The Balaban J connectivity index is 2.32. The quantitative estimate of drug-likeness (QED) is 0.492. The van der Waals surface area contributed by atoms with Gasteiger partial charge in [0.25, 0.3) is 0 Å². The van der Waals surface area contributed by atoms with Crippen molar-refractivity contribution in [2.24, 2.45) is 0 Å². The van der Waals surface area contributed by atoms with Gasteiger partial charge in [0, 0.05) is 5.69 Å². The van der Waals surface area contributed by atoms with E-state index in [1.807, 2.05) is 36.4 Å². The number of hydrogen-bond donors (Lipinski definition) is 2. The van der Waals surface area contributed by atoms with Crippen LogP contribution in [0.15, 0.2) is 48.5 Å². The van der Waals surface area contributed by atoms with E-state index >= 15 is 0 Å². The van der Waals surface area contributed by atoms with E-state index < -0.39 is 0 Å². The highest BCUT2D eigenvalue weighted by Gasteiger charge is 2.00. The first-order valence-corrected chi connectivity index (χ1v) is 5.45. The third-order valence-electron chi connectivity index (χ3n) is 2.52. The lowest BCUT2D eigenvalue weighted by molar-refractivity contribution is 0.296. The van der Waals surface area contributed by atoms with Crippen LogP contribution in [0.4, 0.5) is 11.4 Å². The van der Waals surface area contributed by atoms with Crippen LogP contribution >= 0.6 is 0 Å². The van der Waals surface area contributed by atoms with Crippen molar-refractivity contribution in [3.8, 4) is 0 Å². The molecule has 0 bridgehead atoms. The second kappa shape index (κ2) is 5.35. The maximum Gasteiger partial charge on any atom is 0.0601 e. The van der Waals surface area contributed by atoms with E-state index in [9.17, 15) is 5.21 Å². The van der Waals surface area contributed by atoms with E-state index in [0.29, 0.717) is 11.3 Å². The smallest absolute Gasteiger partial charge is 0.0601 e. The standard InChI is InChI=1S/C14H13N2O2/c15-13-9-8-12(14(10-13)16(17)18)7-6-11-4-2-1-3-5-11/h1-10,17H,15H2/q-1. The van der Waals surface area contributed by atoms with Crippen LogP contribution in [-0.4, -0.2) is 5.21 Å². The molecule has 0 fully saturated rings. The molecule has 0 atom stereocenters. The average molecular weight is 241 g/mol. The fraction of sp³-hybridized carbons (Fsp3) is 0. The minimum Gasteiger partial charge on any atom is -0.733 e. The SMILES string of the molecule is Nc1ccc(C=Cc2ccccc2)c(N([O-])O)c1. The molecule has 2 aromatic carbocycles. The highest BCUT2D eigenvalue weighted by molar-refractivity contribution is 5.78. The zero-order valence-corrected chi connectivity index (χ0v) is 9.65. The molecule has 0 spiro atoms. The van der Waals surface area contributed by atoms with E-state index in [1.165, 1.54) is 6.07 Å². The van der Waals surface area contributed by atoms with Gasteiger partial charge in [-0.25, -0.2) is 0 Å². The van der Waals surface area contributed by atoms with Crippen LogP contribution in [0.5, 0.6) is 0 Å². The molecule has 0 saturated heterocycles. The van der Waals surface area contributed by atoms with Crippen molar-refractivity contribution < 1.29 is 5.21 Å². The van der Waals surface area contributed by atoms with Gasteiger partial charge >= 0.3 is 0 Å². The predicted molar refractivity (Wildman–Crippen MR) is 73.9 cm³/mol. The molecule has 0 aliphatic heterocycles. The largest absolute Gasteiger partial charge is 0.733 e. The highest BCUT2D eigenvalue weighted by atomic mass is 16.8. The number of nitrogens with zero attached hydrogens (tertiary/aromatic N) is 1. The summed E-state index contributed by atoms with van der Waals surface area (Å²) in [6.45, 7) is 0. The van der Waals surface area contributed by atoms with E-state index in [-0.39, 0.29) is 10.9 Å². The first kappa shape index (κ1) is 12.2. The van der Waals surface area contributed by atoms with Gasteiger partial charge in [0.15, 0.2) is 0 Å². The number of benzene rings is 2. The molecular formula is C14H13N2O2-. The van der Waals surface area contributed by atoms with Gasteiger partial charge in [-0.3, -0.25) is 5.21 Å². The van der Waals surface area contributed by atoms with Crippen LogP contribution < -0.4 is 11.0 Å². The van der Waals surface area contributed by atoms with E-state index in [4.69, 9.17) is 10.9 Å². The van der Waals surface area contributed by atoms with Crippen molar-refractivity contribution in [3.63, 3.8) is 0 Å². The fourth-order valence-corrected chi connectivity index (χ4v) is 1.62. The summed E-state index contributed by atoms with van der Waals surface area (Å²) < 4.78 is 0. The van der Waals surface area contributed by atoms with E-state index in [0.717, 1.165) is 5.56 Å². The monoisotopic (exact) mass is 241 g/mol. The maximum atomic E-state index is 11.0. The van der Waals surface area contributed by atoms with Crippen LogP contribution in [0.1, 0.15) is 11.1 Å². The number of hydrogen-bond acceptors (Lipinski definition) is 4.